The van der Waals surface area contributed by atoms with Crippen LogP contribution < -0.4 is 10.2 Å². The van der Waals surface area contributed by atoms with Crippen molar-refractivity contribution in [1.29, 1.82) is 0 Å². The van der Waals surface area contributed by atoms with E-state index >= 15 is 0 Å². The number of anilines is 2. The second-order valence-electron chi connectivity index (χ2n) is 6.41. The van der Waals surface area contributed by atoms with E-state index in [1.807, 2.05) is 32.0 Å². The summed E-state index contributed by atoms with van der Waals surface area (Å²) in [5, 5.41) is 4.00. The molecule has 4 nitrogen and oxygen atoms in total. The zero-order valence-corrected chi connectivity index (χ0v) is 17.4. The summed E-state index contributed by atoms with van der Waals surface area (Å²) in [6.45, 7) is 4.12. The van der Waals surface area contributed by atoms with Crippen LogP contribution in [-0.4, -0.2) is 18.4 Å². The Labute approximate surface area is 170 Å². The van der Waals surface area contributed by atoms with E-state index in [4.69, 9.17) is 23.2 Å². The van der Waals surface area contributed by atoms with Gasteiger partial charge < -0.3 is 10.2 Å². The van der Waals surface area contributed by atoms with Gasteiger partial charge in [0.2, 0.25) is 11.8 Å². The van der Waals surface area contributed by atoms with E-state index in [2.05, 4.69) is 21.2 Å². The molecule has 0 spiro atoms. The van der Waals surface area contributed by atoms with Crippen molar-refractivity contribution in [2.75, 3.05) is 16.8 Å². The second kappa shape index (κ2) is 7.59. The minimum atomic E-state index is -0.426. The highest BCUT2D eigenvalue weighted by molar-refractivity contribution is 9.10. The van der Waals surface area contributed by atoms with Crippen LogP contribution in [0, 0.1) is 19.8 Å². The van der Waals surface area contributed by atoms with Crippen LogP contribution in [0.1, 0.15) is 17.5 Å². The fraction of sp³-hybridized carbons (Fsp3) is 0.263. The number of rotatable bonds is 3. The van der Waals surface area contributed by atoms with Gasteiger partial charge in [0.1, 0.15) is 0 Å². The van der Waals surface area contributed by atoms with Gasteiger partial charge in [-0.1, -0.05) is 29.3 Å². The van der Waals surface area contributed by atoms with Crippen LogP contribution in [0.25, 0.3) is 0 Å². The van der Waals surface area contributed by atoms with Crippen LogP contribution in [0.15, 0.2) is 34.8 Å². The highest BCUT2D eigenvalue weighted by Gasteiger charge is 2.35. The summed E-state index contributed by atoms with van der Waals surface area (Å²) in [7, 11) is 0. The quantitative estimate of drug-likeness (QED) is 0.676. The second-order valence-corrected chi connectivity index (χ2v) is 8.08. The minimum Gasteiger partial charge on any atom is -0.325 e. The Balaban J connectivity index is 1.75. The molecular weight excluding hydrogens is 439 g/mol. The minimum absolute atomic E-state index is 0.0874. The molecule has 26 heavy (non-hydrogen) atoms. The molecule has 3 rings (SSSR count). The van der Waals surface area contributed by atoms with Gasteiger partial charge in [-0.25, -0.2) is 0 Å². The largest absolute Gasteiger partial charge is 0.325 e. The van der Waals surface area contributed by atoms with Crippen LogP contribution in [0.2, 0.25) is 10.0 Å². The maximum Gasteiger partial charge on any atom is 0.229 e. The molecule has 136 valence electrons. The molecule has 1 saturated heterocycles. The third-order valence-corrected chi connectivity index (χ3v) is 6.09. The topological polar surface area (TPSA) is 49.4 Å². The van der Waals surface area contributed by atoms with Gasteiger partial charge in [-0.2, -0.15) is 0 Å². The molecule has 0 bridgehead atoms. The molecule has 1 aliphatic heterocycles. The maximum absolute atomic E-state index is 12.6. The Morgan fingerprint density at radius 3 is 2.58 bits per heavy atom. The van der Waals surface area contributed by atoms with Crippen molar-refractivity contribution in [2.45, 2.75) is 20.3 Å². The number of nitrogens with one attached hydrogen (secondary N) is 1. The monoisotopic (exact) mass is 454 g/mol. The number of aryl methyl sites for hydroxylation is 2. The molecule has 7 heteroatoms. The van der Waals surface area contributed by atoms with Gasteiger partial charge in [0.15, 0.2) is 0 Å². The van der Waals surface area contributed by atoms with Crippen molar-refractivity contribution in [3.63, 3.8) is 0 Å². The molecule has 0 aromatic heterocycles. The summed E-state index contributed by atoms with van der Waals surface area (Å²) < 4.78 is 0.771. The fourth-order valence-corrected chi connectivity index (χ4v) is 3.69. The standard InChI is InChI=1S/C19H17BrCl2N2O2/c1-10-3-4-13(7-15(10)21)24-9-12(6-18(24)25)19(26)23-17-8-16(22)14(20)5-11(17)2/h3-5,7-8,12H,6,9H2,1-2H3,(H,23,26)/t12-/m0/s1. The molecule has 0 saturated carbocycles. The molecule has 0 aliphatic carbocycles. The Morgan fingerprint density at radius 1 is 1.15 bits per heavy atom. The van der Waals surface area contributed by atoms with E-state index in [-0.39, 0.29) is 18.2 Å². The van der Waals surface area contributed by atoms with Gasteiger partial charge in [0.05, 0.1) is 10.9 Å². The van der Waals surface area contributed by atoms with Crippen molar-refractivity contribution in [1.82, 2.24) is 0 Å². The first-order valence-electron chi connectivity index (χ1n) is 8.09. The molecule has 1 fully saturated rings. The lowest BCUT2D eigenvalue weighted by Crippen LogP contribution is -2.28. The number of nitrogens with zero attached hydrogens (tertiary/aromatic N) is 1. The summed E-state index contributed by atoms with van der Waals surface area (Å²) >= 11 is 15.6. The van der Waals surface area contributed by atoms with Gasteiger partial charge >= 0.3 is 0 Å². The van der Waals surface area contributed by atoms with Gasteiger partial charge in [0.25, 0.3) is 0 Å². The number of benzene rings is 2. The molecular formula is C19H17BrCl2N2O2. The third kappa shape index (κ3) is 3.90. The predicted octanol–water partition coefficient (Wildman–Crippen LogP) is 5.36. The summed E-state index contributed by atoms with van der Waals surface area (Å²) in [4.78, 5) is 26.6. The number of amides is 2. The summed E-state index contributed by atoms with van der Waals surface area (Å²) in [5.41, 5.74) is 3.19. The lowest BCUT2D eigenvalue weighted by Gasteiger charge is -2.18. The first-order valence-corrected chi connectivity index (χ1v) is 9.64. The summed E-state index contributed by atoms with van der Waals surface area (Å²) in [6, 6.07) is 9.02. The number of halogens is 3. The van der Waals surface area contributed by atoms with E-state index in [9.17, 15) is 9.59 Å². The van der Waals surface area contributed by atoms with Crippen LogP contribution >= 0.6 is 39.1 Å². The molecule has 2 amide bonds. The Hall–Kier alpha value is -1.56. The molecule has 0 unspecified atom stereocenters. The number of hydrogen-bond donors (Lipinski definition) is 1. The SMILES string of the molecule is Cc1ccc(N2C[C@@H](C(=O)Nc3cc(Cl)c(Br)cc3C)CC2=O)cc1Cl. The smallest absolute Gasteiger partial charge is 0.229 e. The molecule has 1 atom stereocenters. The first-order chi connectivity index (χ1) is 12.3. The Morgan fingerprint density at radius 2 is 1.88 bits per heavy atom. The molecule has 1 N–H and O–H groups in total. The molecule has 1 aliphatic rings. The van der Waals surface area contributed by atoms with Gasteiger partial charge in [-0.3, -0.25) is 9.59 Å². The third-order valence-electron chi connectivity index (χ3n) is 4.49. The van der Waals surface area contributed by atoms with Crippen molar-refractivity contribution >= 4 is 62.3 Å². The van der Waals surface area contributed by atoms with Crippen molar-refractivity contribution in [2.24, 2.45) is 5.92 Å². The van der Waals surface area contributed by atoms with Gasteiger partial charge in [0, 0.05) is 33.8 Å². The molecule has 2 aromatic carbocycles. The van der Waals surface area contributed by atoms with Crippen molar-refractivity contribution < 1.29 is 9.59 Å². The highest BCUT2D eigenvalue weighted by Crippen LogP contribution is 2.31. The highest BCUT2D eigenvalue weighted by atomic mass is 79.9. The zero-order chi connectivity index (χ0) is 19.0. The summed E-state index contributed by atoms with van der Waals surface area (Å²) in [5.74, 6) is -0.708. The maximum atomic E-state index is 12.6. The zero-order valence-electron chi connectivity index (χ0n) is 14.3. The molecule has 2 aromatic rings. The lowest BCUT2D eigenvalue weighted by atomic mass is 10.1. The van der Waals surface area contributed by atoms with Crippen LogP contribution in [0.3, 0.4) is 0 Å². The van der Waals surface area contributed by atoms with Gasteiger partial charge in [-0.05, 0) is 65.2 Å². The average molecular weight is 456 g/mol. The Bertz CT molecular complexity index is 901. The van der Waals surface area contributed by atoms with Crippen LogP contribution in [-0.2, 0) is 9.59 Å². The lowest BCUT2D eigenvalue weighted by molar-refractivity contribution is -0.122. The van der Waals surface area contributed by atoms with Gasteiger partial charge in [-0.15, -0.1) is 0 Å². The van der Waals surface area contributed by atoms with E-state index in [1.165, 1.54) is 0 Å². The molecule has 0 radical (unpaired) electrons. The van der Waals surface area contributed by atoms with Crippen molar-refractivity contribution in [3.05, 3.63) is 56.0 Å². The van der Waals surface area contributed by atoms with Crippen LogP contribution in [0.5, 0.6) is 0 Å². The van der Waals surface area contributed by atoms with Crippen molar-refractivity contribution in [3.8, 4) is 0 Å². The van der Waals surface area contributed by atoms with Crippen LogP contribution in [0.4, 0.5) is 11.4 Å². The number of hydrogen-bond acceptors (Lipinski definition) is 2. The number of carbonyl (C=O) groups is 2. The average Bonchev–Trinajstić information content (AvgIpc) is 2.97. The number of carbonyl (C=O) groups excluding carboxylic acids is 2. The van der Waals surface area contributed by atoms with E-state index in [1.54, 1.807) is 17.0 Å². The molecule has 1 heterocycles. The normalized spacial score (nSPS) is 16.9. The van der Waals surface area contributed by atoms with E-state index < -0.39 is 5.92 Å². The van der Waals surface area contributed by atoms with E-state index in [0.717, 1.165) is 15.6 Å². The summed E-state index contributed by atoms with van der Waals surface area (Å²) in [6.07, 6.45) is 0.167. The predicted molar refractivity (Wildman–Crippen MR) is 109 cm³/mol. The first kappa shape index (κ1) is 19.2. The fourth-order valence-electron chi connectivity index (χ4n) is 2.90. The van der Waals surface area contributed by atoms with E-state index in [0.29, 0.717) is 28.0 Å². The Kier molecular flexibility index (Phi) is 5.61.